The first kappa shape index (κ1) is 14.2. The van der Waals surface area contributed by atoms with Crippen molar-refractivity contribution in [3.63, 3.8) is 0 Å². The minimum Gasteiger partial charge on any atom is -0.372 e. The maximum Gasteiger partial charge on any atom is 0.170 e. The fraction of sp³-hybridized carbons (Fsp3) is 0.643. The van der Waals surface area contributed by atoms with Gasteiger partial charge < -0.3 is 15.0 Å². The number of hydrogen-bond acceptors (Lipinski definition) is 4. The highest BCUT2D eigenvalue weighted by atomic mass is 19.1. The highest BCUT2D eigenvalue weighted by Crippen LogP contribution is 2.23. The molecule has 0 aliphatic carbocycles. The van der Waals surface area contributed by atoms with E-state index >= 15 is 0 Å². The maximum atomic E-state index is 14.4. The first-order valence-corrected chi connectivity index (χ1v) is 6.86. The molecule has 2 heterocycles. The van der Waals surface area contributed by atoms with Crippen molar-refractivity contribution in [1.29, 1.82) is 0 Å². The van der Waals surface area contributed by atoms with Crippen LogP contribution in [0, 0.1) is 5.82 Å². The van der Waals surface area contributed by atoms with Crippen molar-refractivity contribution in [3.8, 4) is 0 Å². The normalized spacial score (nSPS) is 23.7. The smallest absolute Gasteiger partial charge is 0.170 e. The minimum atomic E-state index is -0.218. The molecule has 4 nitrogen and oxygen atoms in total. The van der Waals surface area contributed by atoms with Crippen LogP contribution in [0.4, 0.5) is 10.2 Å². The number of hydrogen-bond donors (Lipinski definition) is 1. The molecule has 1 aromatic rings. The molecular formula is C14H22FN3O. The molecule has 1 N–H and O–H groups in total. The number of aromatic nitrogens is 1. The lowest BCUT2D eigenvalue weighted by molar-refractivity contribution is -0.00566. The Kier molecular flexibility index (Phi) is 4.71. The Bertz CT molecular complexity index is 417. The van der Waals surface area contributed by atoms with Gasteiger partial charge in [-0.3, -0.25) is 0 Å². The lowest BCUT2D eigenvalue weighted by Gasteiger charge is -2.36. The number of halogens is 1. The number of pyridine rings is 1. The van der Waals surface area contributed by atoms with Crippen LogP contribution in [0.25, 0.3) is 0 Å². The molecular weight excluding hydrogens is 245 g/mol. The summed E-state index contributed by atoms with van der Waals surface area (Å²) in [4.78, 5) is 6.18. The third kappa shape index (κ3) is 3.42. The molecule has 1 fully saturated rings. The van der Waals surface area contributed by atoms with E-state index in [1.54, 1.807) is 12.3 Å². The average molecular weight is 267 g/mol. The van der Waals surface area contributed by atoms with Crippen LogP contribution in [0.5, 0.6) is 0 Å². The van der Waals surface area contributed by atoms with Gasteiger partial charge in [-0.25, -0.2) is 9.37 Å². The lowest BCUT2D eigenvalue weighted by atomic mass is 10.2. The van der Waals surface area contributed by atoms with Crippen LogP contribution in [0.3, 0.4) is 0 Å². The van der Waals surface area contributed by atoms with E-state index in [0.717, 1.165) is 6.54 Å². The van der Waals surface area contributed by atoms with Crippen molar-refractivity contribution >= 4 is 5.82 Å². The van der Waals surface area contributed by atoms with Gasteiger partial charge in [-0.2, -0.15) is 0 Å². The van der Waals surface area contributed by atoms with Crippen molar-refractivity contribution in [2.75, 3.05) is 24.5 Å². The minimum absolute atomic E-state index is 0.0994. The molecule has 0 unspecified atom stereocenters. The summed E-state index contributed by atoms with van der Waals surface area (Å²) in [5.41, 5.74) is 0.665. The fourth-order valence-electron chi connectivity index (χ4n) is 2.44. The summed E-state index contributed by atoms with van der Waals surface area (Å²) in [6.45, 7) is 8.73. The topological polar surface area (TPSA) is 37.4 Å². The molecule has 0 saturated carbocycles. The van der Waals surface area contributed by atoms with Gasteiger partial charge in [0.15, 0.2) is 11.6 Å². The molecule has 5 heteroatoms. The van der Waals surface area contributed by atoms with Crippen LogP contribution in [0.1, 0.15) is 26.3 Å². The van der Waals surface area contributed by atoms with E-state index in [-0.39, 0.29) is 18.0 Å². The molecule has 1 aromatic heterocycles. The van der Waals surface area contributed by atoms with Gasteiger partial charge in [0.2, 0.25) is 0 Å². The predicted molar refractivity (Wildman–Crippen MR) is 73.8 cm³/mol. The highest BCUT2D eigenvalue weighted by molar-refractivity contribution is 5.43. The van der Waals surface area contributed by atoms with Gasteiger partial charge >= 0.3 is 0 Å². The molecule has 0 radical (unpaired) electrons. The Morgan fingerprint density at radius 1 is 1.42 bits per heavy atom. The second-order valence-corrected chi connectivity index (χ2v) is 5.05. The zero-order chi connectivity index (χ0) is 13.8. The second-order valence-electron chi connectivity index (χ2n) is 5.05. The summed E-state index contributed by atoms with van der Waals surface area (Å²) in [5, 5.41) is 3.14. The molecule has 0 amide bonds. The Labute approximate surface area is 114 Å². The fourth-order valence-corrected chi connectivity index (χ4v) is 2.44. The molecule has 0 aromatic carbocycles. The average Bonchev–Trinajstić information content (AvgIpc) is 2.36. The van der Waals surface area contributed by atoms with E-state index in [1.807, 2.05) is 25.7 Å². The maximum absolute atomic E-state index is 14.4. The van der Waals surface area contributed by atoms with Gasteiger partial charge in [0.25, 0.3) is 0 Å². The predicted octanol–water partition coefficient (Wildman–Crippen LogP) is 1.94. The Morgan fingerprint density at radius 2 is 2.11 bits per heavy atom. The summed E-state index contributed by atoms with van der Waals surface area (Å²) >= 11 is 0. The Morgan fingerprint density at radius 3 is 2.74 bits per heavy atom. The molecule has 2 rings (SSSR count). The summed E-state index contributed by atoms with van der Waals surface area (Å²) in [6, 6.07) is 1.73. The summed E-state index contributed by atoms with van der Waals surface area (Å²) in [7, 11) is 0. The van der Waals surface area contributed by atoms with E-state index in [2.05, 4.69) is 10.3 Å². The van der Waals surface area contributed by atoms with Gasteiger partial charge in [0.1, 0.15) is 0 Å². The standard InChI is InChI=1S/C14H22FN3O/c1-4-16-7-12-5-6-17-14(13(12)15)18-8-10(2)19-11(3)9-18/h5-6,10-11,16H,4,7-9H2,1-3H3/t10-,11+. The van der Waals surface area contributed by atoms with E-state index in [9.17, 15) is 4.39 Å². The van der Waals surface area contributed by atoms with E-state index in [1.165, 1.54) is 0 Å². The van der Waals surface area contributed by atoms with Crippen LogP contribution in [-0.4, -0.2) is 36.8 Å². The molecule has 0 bridgehead atoms. The largest absolute Gasteiger partial charge is 0.372 e. The van der Waals surface area contributed by atoms with Crippen LogP contribution in [0.15, 0.2) is 12.3 Å². The highest BCUT2D eigenvalue weighted by Gasteiger charge is 2.25. The van der Waals surface area contributed by atoms with Crippen LogP contribution < -0.4 is 10.2 Å². The van der Waals surface area contributed by atoms with Gasteiger partial charge in [0, 0.05) is 31.4 Å². The zero-order valence-corrected chi connectivity index (χ0v) is 11.8. The van der Waals surface area contributed by atoms with Crippen LogP contribution in [0.2, 0.25) is 0 Å². The van der Waals surface area contributed by atoms with Crippen molar-refractivity contribution in [1.82, 2.24) is 10.3 Å². The molecule has 1 aliphatic heterocycles. The molecule has 19 heavy (non-hydrogen) atoms. The summed E-state index contributed by atoms with van der Waals surface area (Å²) in [6.07, 6.45) is 1.88. The van der Waals surface area contributed by atoms with E-state index in [4.69, 9.17) is 4.74 Å². The van der Waals surface area contributed by atoms with Gasteiger partial charge in [-0.1, -0.05) is 6.92 Å². The van der Waals surface area contributed by atoms with Gasteiger partial charge in [-0.15, -0.1) is 0 Å². The summed E-state index contributed by atoms with van der Waals surface area (Å²) in [5.74, 6) is 0.224. The third-order valence-electron chi connectivity index (χ3n) is 3.24. The molecule has 1 aliphatic rings. The quantitative estimate of drug-likeness (QED) is 0.904. The molecule has 2 atom stereocenters. The number of nitrogens with one attached hydrogen (secondary N) is 1. The van der Waals surface area contributed by atoms with Gasteiger partial charge in [0.05, 0.1) is 12.2 Å². The second kappa shape index (κ2) is 6.30. The molecule has 0 spiro atoms. The Hall–Kier alpha value is -1.20. The number of ether oxygens (including phenoxy) is 1. The monoisotopic (exact) mass is 267 g/mol. The number of anilines is 1. The molecule has 106 valence electrons. The van der Waals surface area contributed by atoms with Crippen LogP contribution in [-0.2, 0) is 11.3 Å². The van der Waals surface area contributed by atoms with Crippen molar-refractivity contribution < 1.29 is 9.13 Å². The van der Waals surface area contributed by atoms with E-state index in [0.29, 0.717) is 31.0 Å². The summed E-state index contributed by atoms with van der Waals surface area (Å²) < 4.78 is 20.1. The third-order valence-corrected chi connectivity index (χ3v) is 3.24. The van der Waals surface area contributed by atoms with Crippen LogP contribution >= 0.6 is 0 Å². The van der Waals surface area contributed by atoms with Crippen molar-refractivity contribution in [2.24, 2.45) is 0 Å². The first-order valence-electron chi connectivity index (χ1n) is 6.86. The number of rotatable bonds is 4. The van der Waals surface area contributed by atoms with E-state index < -0.39 is 0 Å². The molecule has 1 saturated heterocycles. The zero-order valence-electron chi connectivity index (χ0n) is 11.8. The van der Waals surface area contributed by atoms with Crippen molar-refractivity contribution in [2.45, 2.75) is 39.5 Å². The number of morpholine rings is 1. The lowest BCUT2D eigenvalue weighted by Crippen LogP contribution is -2.46. The number of nitrogens with zero attached hydrogens (tertiary/aromatic N) is 2. The SMILES string of the molecule is CCNCc1ccnc(N2C[C@@H](C)O[C@@H](C)C2)c1F. The first-order chi connectivity index (χ1) is 9.11. The van der Waals surface area contributed by atoms with Gasteiger partial charge in [-0.05, 0) is 26.5 Å². The Balaban J connectivity index is 2.19. The van der Waals surface area contributed by atoms with Crippen molar-refractivity contribution in [3.05, 3.63) is 23.6 Å².